The van der Waals surface area contributed by atoms with E-state index in [4.69, 9.17) is 4.74 Å². The van der Waals surface area contributed by atoms with E-state index < -0.39 is 17.2 Å². The molecule has 0 saturated carbocycles. The number of rotatable bonds is 8. The Kier molecular flexibility index (Phi) is 7.57. The molecule has 0 radical (unpaired) electrons. The van der Waals surface area contributed by atoms with Gasteiger partial charge in [-0.25, -0.2) is 9.37 Å². The van der Waals surface area contributed by atoms with Crippen molar-refractivity contribution < 1.29 is 19.0 Å². The number of aromatic nitrogens is 2. The molecule has 1 atom stereocenters. The Balaban J connectivity index is 1.53. The first kappa shape index (κ1) is 24.6. The highest BCUT2D eigenvalue weighted by Crippen LogP contribution is 2.23. The second-order valence-corrected chi connectivity index (χ2v) is 8.72. The number of ether oxygens (including phenoxy) is 1. The zero-order valence-corrected chi connectivity index (χ0v) is 19.8. The molecule has 1 aliphatic heterocycles. The summed E-state index contributed by atoms with van der Waals surface area (Å²) < 4.78 is 19.6. The molecule has 0 unspecified atom stereocenters. The first-order chi connectivity index (χ1) is 16.9. The van der Waals surface area contributed by atoms with Gasteiger partial charge in [-0.2, -0.15) is 0 Å². The molecule has 1 aliphatic rings. The fraction of sp³-hybridized carbons (Fsp3) is 0.346. The van der Waals surface area contributed by atoms with Gasteiger partial charge in [-0.15, -0.1) is 0 Å². The lowest BCUT2D eigenvalue weighted by molar-refractivity contribution is 0.0942. The van der Waals surface area contributed by atoms with Gasteiger partial charge in [0.05, 0.1) is 6.61 Å². The molecule has 3 aromatic rings. The summed E-state index contributed by atoms with van der Waals surface area (Å²) in [7, 11) is 3.22. The van der Waals surface area contributed by atoms with E-state index >= 15 is 0 Å². The highest BCUT2D eigenvalue weighted by Gasteiger charge is 2.24. The number of hydrogen-bond donors (Lipinski definition) is 2. The third kappa shape index (κ3) is 5.58. The number of likely N-dealkylation sites (tertiary alicyclic amines) is 1. The van der Waals surface area contributed by atoms with E-state index in [1.54, 1.807) is 19.2 Å². The molecule has 35 heavy (non-hydrogen) atoms. The fourth-order valence-electron chi connectivity index (χ4n) is 4.35. The molecule has 1 aromatic heterocycles. The van der Waals surface area contributed by atoms with Gasteiger partial charge in [-0.1, -0.05) is 36.4 Å². The first-order valence-corrected chi connectivity index (χ1v) is 11.5. The van der Waals surface area contributed by atoms with Crippen LogP contribution in [0.4, 0.5) is 4.39 Å². The van der Waals surface area contributed by atoms with Crippen LogP contribution in [0.15, 0.2) is 53.3 Å². The second-order valence-electron chi connectivity index (χ2n) is 8.72. The monoisotopic (exact) mass is 480 g/mol. The Hall–Kier alpha value is -3.56. The Morgan fingerprint density at radius 1 is 1.17 bits per heavy atom. The second kappa shape index (κ2) is 10.8. The predicted octanol–water partition coefficient (Wildman–Crippen LogP) is 2.83. The molecular formula is C26H29FN4O4. The number of benzene rings is 2. The summed E-state index contributed by atoms with van der Waals surface area (Å²) in [5.41, 5.74) is 1.37. The number of carbonyl (C=O) groups is 1. The molecule has 1 saturated heterocycles. The van der Waals surface area contributed by atoms with Crippen molar-refractivity contribution in [2.24, 2.45) is 7.05 Å². The lowest BCUT2D eigenvalue weighted by atomic mass is 10.1. The van der Waals surface area contributed by atoms with Crippen molar-refractivity contribution in [2.75, 3.05) is 20.3 Å². The van der Waals surface area contributed by atoms with Gasteiger partial charge in [-0.05, 0) is 42.6 Å². The number of hydrogen-bond acceptors (Lipinski definition) is 6. The minimum absolute atomic E-state index is 0.0973. The van der Waals surface area contributed by atoms with E-state index in [1.807, 2.05) is 24.3 Å². The largest absolute Gasteiger partial charge is 0.501 e. The van der Waals surface area contributed by atoms with E-state index in [1.165, 1.54) is 23.7 Å². The highest BCUT2D eigenvalue weighted by molar-refractivity contribution is 5.95. The Bertz CT molecular complexity index is 1240. The van der Waals surface area contributed by atoms with Crippen LogP contribution in [0, 0.1) is 5.82 Å². The quantitative estimate of drug-likeness (QED) is 0.515. The molecule has 4 rings (SSSR count). The van der Waals surface area contributed by atoms with Crippen molar-refractivity contribution in [3.8, 4) is 17.1 Å². The standard InChI is InChI=1S/C26H29FN4O4/c1-30-24(19-9-5-18(6-10-19)15-31-13-3-4-21(31)16-35-2)29-22(23(32)26(30)34)25(33)28-14-17-7-11-20(27)12-8-17/h5-12,21,32H,3-4,13-16H2,1-2H3,(H,28,33)/t21-/m1/s1. The van der Waals surface area contributed by atoms with Crippen LogP contribution >= 0.6 is 0 Å². The van der Waals surface area contributed by atoms with Crippen LogP contribution in [0.3, 0.4) is 0 Å². The summed E-state index contributed by atoms with van der Waals surface area (Å²) in [4.78, 5) is 32.1. The molecule has 184 valence electrons. The third-order valence-electron chi connectivity index (χ3n) is 6.30. The average Bonchev–Trinajstić information content (AvgIpc) is 3.29. The summed E-state index contributed by atoms with van der Waals surface area (Å²) >= 11 is 0. The first-order valence-electron chi connectivity index (χ1n) is 11.5. The molecule has 0 bridgehead atoms. The summed E-state index contributed by atoms with van der Waals surface area (Å²) in [6.07, 6.45) is 2.27. The van der Waals surface area contributed by atoms with Gasteiger partial charge in [0, 0.05) is 38.9 Å². The molecule has 2 N–H and O–H groups in total. The number of nitrogens with one attached hydrogen (secondary N) is 1. The third-order valence-corrected chi connectivity index (χ3v) is 6.30. The zero-order valence-electron chi connectivity index (χ0n) is 19.8. The molecule has 2 heterocycles. The summed E-state index contributed by atoms with van der Waals surface area (Å²) in [6.45, 7) is 2.64. The van der Waals surface area contributed by atoms with Crippen LogP contribution in [0.2, 0.25) is 0 Å². The Labute approximate surface area is 203 Å². The van der Waals surface area contributed by atoms with Gasteiger partial charge >= 0.3 is 0 Å². The average molecular weight is 481 g/mol. The lowest BCUT2D eigenvalue weighted by Gasteiger charge is -2.23. The van der Waals surface area contributed by atoms with Gasteiger partial charge in [-0.3, -0.25) is 19.1 Å². The van der Waals surface area contributed by atoms with Crippen LogP contribution in [0.25, 0.3) is 11.4 Å². The van der Waals surface area contributed by atoms with Crippen molar-refractivity contribution in [1.29, 1.82) is 0 Å². The number of amides is 1. The molecule has 9 heteroatoms. The van der Waals surface area contributed by atoms with Gasteiger partial charge in [0.25, 0.3) is 11.5 Å². The predicted molar refractivity (Wildman–Crippen MR) is 129 cm³/mol. The number of carbonyl (C=O) groups excluding carboxylic acids is 1. The maximum absolute atomic E-state index is 13.1. The normalized spacial score (nSPS) is 15.9. The van der Waals surface area contributed by atoms with E-state index in [-0.39, 0.29) is 23.9 Å². The van der Waals surface area contributed by atoms with Crippen LogP contribution < -0.4 is 10.9 Å². The smallest absolute Gasteiger partial charge is 0.296 e. The van der Waals surface area contributed by atoms with Crippen molar-refractivity contribution in [1.82, 2.24) is 19.8 Å². The highest BCUT2D eigenvalue weighted by atomic mass is 19.1. The number of halogens is 1. The molecule has 0 aliphatic carbocycles. The van der Waals surface area contributed by atoms with E-state index in [0.29, 0.717) is 23.8 Å². The number of nitrogens with zero attached hydrogens (tertiary/aromatic N) is 3. The van der Waals surface area contributed by atoms with E-state index in [9.17, 15) is 19.1 Å². The molecule has 1 fully saturated rings. The topological polar surface area (TPSA) is 96.7 Å². The van der Waals surface area contributed by atoms with Gasteiger partial charge in [0.1, 0.15) is 11.6 Å². The van der Waals surface area contributed by atoms with Crippen molar-refractivity contribution in [3.05, 3.63) is 81.5 Å². The Morgan fingerprint density at radius 3 is 2.54 bits per heavy atom. The fourth-order valence-corrected chi connectivity index (χ4v) is 4.35. The SMILES string of the molecule is COC[C@H]1CCCN1Cc1ccc(-c2nc(C(=O)NCc3ccc(F)cc3)c(O)c(=O)n2C)cc1. The van der Waals surface area contributed by atoms with E-state index in [0.717, 1.165) is 31.5 Å². The van der Waals surface area contributed by atoms with Gasteiger partial charge < -0.3 is 15.2 Å². The minimum atomic E-state index is -0.720. The lowest BCUT2D eigenvalue weighted by Crippen LogP contribution is -2.32. The molecular weight excluding hydrogens is 451 g/mol. The van der Waals surface area contributed by atoms with Gasteiger partial charge in [0.15, 0.2) is 5.69 Å². The van der Waals surface area contributed by atoms with Crippen molar-refractivity contribution in [2.45, 2.75) is 32.0 Å². The maximum Gasteiger partial charge on any atom is 0.296 e. The van der Waals surface area contributed by atoms with Crippen LogP contribution in [-0.4, -0.2) is 51.8 Å². The summed E-state index contributed by atoms with van der Waals surface area (Å²) in [5.74, 6) is -1.52. The number of methoxy groups -OCH3 is 1. The van der Waals surface area contributed by atoms with Crippen LogP contribution in [0.1, 0.15) is 34.5 Å². The van der Waals surface area contributed by atoms with E-state index in [2.05, 4.69) is 15.2 Å². The molecule has 0 spiro atoms. The number of aromatic hydroxyl groups is 1. The minimum Gasteiger partial charge on any atom is -0.501 e. The maximum atomic E-state index is 13.1. The molecule has 8 nitrogen and oxygen atoms in total. The Morgan fingerprint density at radius 2 is 1.86 bits per heavy atom. The van der Waals surface area contributed by atoms with Gasteiger partial charge in [0.2, 0.25) is 5.75 Å². The molecule has 1 amide bonds. The van der Waals surface area contributed by atoms with Crippen molar-refractivity contribution >= 4 is 5.91 Å². The van der Waals surface area contributed by atoms with Crippen LogP contribution in [0.5, 0.6) is 5.75 Å². The molecule has 2 aromatic carbocycles. The van der Waals surface area contributed by atoms with Crippen molar-refractivity contribution in [3.63, 3.8) is 0 Å². The summed E-state index contributed by atoms with van der Waals surface area (Å²) in [5, 5.41) is 12.9. The summed E-state index contributed by atoms with van der Waals surface area (Å²) in [6, 6.07) is 13.7. The van der Waals surface area contributed by atoms with Crippen LogP contribution in [-0.2, 0) is 24.9 Å². The zero-order chi connectivity index (χ0) is 24.9.